The minimum absolute atomic E-state index is 0.586. The number of hydrogen-bond donors (Lipinski definition) is 1. The monoisotopic (exact) mass is 265 g/mol. The lowest BCUT2D eigenvalue weighted by Crippen LogP contribution is -2.25. The Morgan fingerprint density at radius 1 is 1.05 bits per heavy atom. The maximum Gasteiger partial charge on any atom is 0.0408 e. The van der Waals surface area contributed by atoms with E-state index in [1.54, 1.807) is 0 Å². The standard InChI is InChI=1S/C19H23N/c1-14(2)18-10-6-9-17-12-16(13-20-19(17)18)11-15-7-4-3-5-8-15/h3-10,14,16,20H,11-13H2,1-2H3. The topological polar surface area (TPSA) is 12.0 Å². The molecule has 0 radical (unpaired) electrons. The molecule has 0 aromatic heterocycles. The molecule has 2 aromatic carbocycles. The van der Waals surface area contributed by atoms with Crippen LogP contribution >= 0.6 is 0 Å². The van der Waals surface area contributed by atoms with Gasteiger partial charge in [0.25, 0.3) is 0 Å². The molecule has 1 heterocycles. The fourth-order valence-corrected chi connectivity index (χ4v) is 3.21. The van der Waals surface area contributed by atoms with Gasteiger partial charge in [-0.1, -0.05) is 62.4 Å². The number of nitrogens with one attached hydrogen (secondary N) is 1. The van der Waals surface area contributed by atoms with Gasteiger partial charge in [0.15, 0.2) is 0 Å². The number of benzene rings is 2. The van der Waals surface area contributed by atoms with Gasteiger partial charge in [0.1, 0.15) is 0 Å². The van der Waals surface area contributed by atoms with Gasteiger partial charge >= 0.3 is 0 Å². The van der Waals surface area contributed by atoms with Crippen molar-refractivity contribution in [2.45, 2.75) is 32.6 Å². The lowest BCUT2D eigenvalue weighted by molar-refractivity contribution is 0.534. The first-order valence-electron chi connectivity index (χ1n) is 7.63. The van der Waals surface area contributed by atoms with Crippen LogP contribution in [0.4, 0.5) is 5.69 Å². The van der Waals surface area contributed by atoms with Crippen molar-refractivity contribution < 1.29 is 0 Å². The maximum absolute atomic E-state index is 3.68. The van der Waals surface area contributed by atoms with Crippen LogP contribution in [-0.4, -0.2) is 6.54 Å². The van der Waals surface area contributed by atoms with Crippen molar-refractivity contribution in [2.75, 3.05) is 11.9 Å². The Morgan fingerprint density at radius 2 is 1.85 bits per heavy atom. The predicted octanol–water partition coefficient (Wildman–Crippen LogP) is 4.64. The van der Waals surface area contributed by atoms with E-state index in [9.17, 15) is 0 Å². The summed E-state index contributed by atoms with van der Waals surface area (Å²) in [4.78, 5) is 0. The van der Waals surface area contributed by atoms with Crippen molar-refractivity contribution >= 4 is 5.69 Å². The molecule has 0 amide bonds. The molecule has 1 N–H and O–H groups in total. The van der Waals surface area contributed by atoms with Gasteiger partial charge in [-0.15, -0.1) is 0 Å². The summed E-state index contributed by atoms with van der Waals surface area (Å²) < 4.78 is 0. The summed E-state index contributed by atoms with van der Waals surface area (Å²) in [5, 5.41) is 3.68. The fraction of sp³-hybridized carbons (Fsp3) is 0.368. The summed E-state index contributed by atoms with van der Waals surface area (Å²) >= 11 is 0. The van der Waals surface area contributed by atoms with E-state index in [0.717, 1.165) is 6.54 Å². The zero-order chi connectivity index (χ0) is 13.9. The highest BCUT2D eigenvalue weighted by Gasteiger charge is 2.21. The molecule has 0 fully saturated rings. The molecule has 0 bridgehead atoms. The maximum atomic E-state index is 3.68. The molecule has 1 unspecified atom stereocenters. The van der Waals surface area contributed by atoms with E-state index in [1.807, 2.05) is 0 Å². The van der Waals surface area contributed by atoms with Crippen LogP contribution in [0.1, 0.15) is 36.5 Å². The van der Waals surface area contributed by atoms with Gasteiger partial charge in [-0.25, -0.2) is 0 Å². The molecular formula is C19H23N. The Labute approximate surface area is 122 Å². The third-order valence-electron chi connectivity index (χ3n) is 4.25. The first kappa shape index (κ1) is 13.2. The molecule has 0 aliphatic carbocycles. The molecule has 1 aliphatic heterocycles. The minimum atomic E-state index is 0.586. The van der Waals surface area contributed by atoms with Crippen molar-refractivity contribution in [3.63, 3.8) is 0 Å². The zero-order valence-corrected chi connectivity index (χ0v) is 12.4. The fourth-order valence-electron chi connectivity index (χ4n) is 3.21. The van der Waals surface area contributed by atoms with Crippen molar-refractivity contribution in [1.29, 1.82) is 0 Å². The van der Waals surface area contributed by atoms with Gasteiger partial charge in [0.05, 0.1) is 0 Å². The zero-order valence-electron chi connectivity index (χ0n) is 12.4. The average Bonchev–Trinajstić information content (AvgIpc) is 2.47. The van der Waals surface area contributed by atoms with E-state index in [0.29, 0.717) is 11.8 Å². The second-order valence-electron chi connectivity index (χ2n) is 6.18. The van der Waals surface area contributed by atoms with E-state index in [2.05, 4.69) is 67.7 Å². The predicted molar refractivity (Wildman–Crippen MR) is 86.4 cm³/mol. The normalized spacial score (nSPS) is 17.6. The lowest BCUT2D eigenvalue weighted by Gasteiger charge is -2.29. The van der Waals surface area contributed by atoms with Crippen LogP contribution in [0.3, 0.4) is 0 Å². The second-order valence-corrected chi connectivity index (χ2v) is 6.18. The summed E-state index contributed by atoms with van der Waals surface area (Å²) in [5.41, 5.74) is 5.79. The Bertz CT molecular complexity index is 572. The Kier molecular flexibility index (Phi) is 3.77. The van der Waals surface area contributed by atoms with E-state index >= 15 is 0 Å². The Balaban J connectivity index is 1.77. The molecule has 0 saturated heterocycles. The molecule has 20 heavy (non-hydrogen) atoms. The van der Waals surface area contributed by atoms with Gasteiger partial charge in [0, 0.05) is 12.2 Å². The van der Waals surface area contributed by atoms with E-state index in [4.69, 9.17) is 0 Å². The summed E-state index contributed by atoms with van der Waals surface area (Å²) in [6.45, 7) is 5.63. The van der Waals surface area contributed by atoms with Crippen LogP contribution < -0.4 is 5.32 Å². The Hall–Kier alpha value is -1.76. The molecule has 1 heteroatoms. The minimum Gasteiger partial charge on any atom is -0.384 e. The molecule has 0 saturated carbocycles. The number of anilines is 1. The summed E-state index contributed by atoms with van der Waals surface area (Å²) in [6, 6.07) is 17.6. The summed E-state index contributed by atoms with van der Waals surface area (Å²) in [6.07, 6.45) is 2.36. The first-order chi connectivity index (χ1) is 9.74. The molecule has 1 aliphatic rings. The van der Waals surface area contributed by atoms with Gasteiger partial charge < -0.3 is 5.32 Å². The van der Waals surface area contributed by atoms with Crippen molar-refractivity contribution in [3.05, 3.63) is 65.2 Å². The van der Waals surface area contributed by atoms with Crippen LogP contribution in [0.2, 0.25) is 0 Å². The van der Waals surface area contributed by atoms with Crippen LogP contribution in [0, 0.1) is 5.92 Å². The van der Waals surface area contributed by atoms with Crippen LogP contribution in [0.25, 0.3) is 0 Å². The molecule has 3 rings (SSSR count). The number of rotatable bonds is 3. The molecule has 1 nitrogen and oxygen atoms in total. The van der Waals surface area contributed by atoms with Crippen LogP contribution in [0.15, 0.2) is 48.5 Å². The van der Waals surface area contributed by atoms with Crippen molar-refractivity contribution in [2.24, 2.45) is 5.92 Å². The third-order valence-corrected chi connectivity index (χ3v) is 4.25. The molecule has 104 valence electrons. The average molecular weight is 265 g/mol. The van der Waals surface area contributed by atoms with E-state index in [-0.39, 0.29) is 0 Å². The largest absolute Gasteiger partial charge is 0.384 e. The van der Waals surface area contributed by atoms with Crippen LogP contribution in [0.5, 0.6) is 0 Å². The summed E-state index contributed by atoms with van der Waals surface area (Å²) in [5.74, 6) is 1.29. The van der Waals surface area contributed by atoms with Crippen molar-refractivity contribution in [3.8, 4) is 0 Å². The van der Waals surface area contributed by atoms with Gasteiger partial charge in [-0.3, -0.25) is 0 Å². The Morgan fingerprint density at radius 3 is 2.60 bits per heavy atom. The number of fused-ring (bicyclic) bond motifs is 1. The highest BCUT2D eigenvalue weighted by molar-refractivity contribution is 5.60. The van der Waals surface area contributed by atoms with E-state index in [1.165, 1.54) is 35.2 Å². The second kappa shape index (κ2) is 5.70. The molecule has 1 atom stereocenters. The van der Waals surface area contributed by atoms with Gasteiger partial charge in [0.2, 0.25) is 0 Å². The molecular weight excluding hydrogens is 242 g/mol. The van der Waals surface area contributed by atoms with Crippen molar-refractivity contribution in [1.82, 2.24) is 0 Å². The van der Waals surface area contributed by atoms with Gasteiger partial charge in [-0.2, -0.15) is 0 Å². The number of hydrogen-bond acceptors (Lipinski definition) is 1. The highest BCUT2D eigenvalue weighted by Crippen LogP contribution is 2.33. The quantitative estimate of drug-likeness (QED) is 0.852. The third kappa shape index (κ3) is 2.72. The van der Waals surface area contributed by atoms with Crippen LogP contribution in [-0.2, 0) is 12.8 Å². The molecule has 2 aromatic rings. The van der Waals surface area contributed by atoms with Gasteiger partial charge in [-0.05, 0) is 41.4 Å². The highest BCUT2D eigenvalue weighted by atomic mass is 14.9. The first-order valence-corrected chi connectivity index (χ1v) is 7.63. The lowest BCUT2D eigenvalue weighted by atomic mass is 9.86. The smallest absolute Gasteiger partial charge is 0.0408 e. The summed E-state index contributed by atoms with van der Waals surface area (Å²) in [7, 11) is 0. The molecule has 0 spiro atoms. The number of para-hydroxylation sites is 1. The SMILES string of the molecule is CC(C)c1cccc2c1NCC(Cc1ccccc1)C2. The van der Waals surface area contributed by atoms with E-state index < -0.39 is 0 Å².